The molecule has 1 heteroatoms. The van der Waals surface area contributed by atoms with Gasteiger partial charge in [0.05, 0.1) is 16.8 Å². The van der Waals surface area contributed by atoms with Gasteiger partial charge in [0.25, 0.3) is 0 Å². The van der Waals surface area contributed by atoms with Crippen LogP contribution in [-0.4, -0.2) is 0 Å². The van der Waals surface area contributed by atoms with Gasteiger partial charge in [-0.1, -0.05) is 237 Å². The van der Waals surface area contributed by atoms with Crippen molar-refractivity contribution in [3.63, 3.8) is 0 Å². The molecule has 0 unspecified atom stereocenters. The molecule has 0 fully saturated rings. The van der Waals surface area contributed by atoms with Gasteiger partial charge in [0, 0.05) is 22.2 Å². The van der Waals surface area contributed by atoms with E-state index in [4.69, 9.17) is 0 Å². The molecule has 0 saturated carbocycles. The molecule has 0 bridgehead atoms. The van der Waals surface area contributed by atoms with E-state index in [0.29, 0.717) is 0 Å². The maximum absolute atomic E-state index is 2.61. The lowest BCUT2D eigenvalue weighted by atomic mass is 9.68. The first-order valence-electron chi connectivity index (χ1n) is 25.5. The molecule has 13 rings (SSSR count). The van der Waals surface area contributed by atoms with Crippen molar-refractivity contribution in [1.82, 2.24) is 0 Å². The predicted octanol–water partition coefficient (Wildman–Crippen LogP) is 18.9. The Hall–Kier alpha value is -7.74. The summed E-state index contributed by atoms with van der Waals surface area (Å²) in [6.45, 7) is 18.9. The monoisotopic (exact) mass is 913 g/mol. The van der Waals surface area contributed by atoms with E-state index in [1.807, 2.05) is 0 Å². The molecule has 0 saturated heterocycles. The number of rotatable bonds is 5. The van der Waals surface area contributed by atoms with Crippen molar-refractivity contribution in [3.8, 4) is 55.6 Å². The lowest BCUT2D eigenvalue weighted by molar-refractivity contribution is 0.586. The molecule has 344 valence electrons. The van der Waals surface area contributed by atoms with Crippen molar-refractivity contribution in [3.05, 3.63) is 257 Å². The van der Waals surface area contributed by atoms with Crippen LogP contribution in [0.3, 0.4) is 0 Å². The van der Waals surface area contributed by atoms with Crippen LogP contribution in [0, 0.1) is 0 Å². The van der Waals surface area contributed by atoms with Crippen molar-refractivity contribution in [2.24, 2.45) is 0 Å². The normalized spacial score (nSPS) is 14.4. The first-order valence-corrected chi connectivity index (χ1v) is 25.5. The number of benzene rings is 10. The van der Waals surface area contributed by atoms with Crippen molar-refractivity contribution in [1.29, 1.82) is 0 Å². The number of fused-ring (bicyclic) bond motifs is 14. The Morgan fingerprint density at radius 1 is 0.338 bits per heavy atom. The van der Waals surface area contributed by atoms with Crippen LogP contribution in [-0.2, 0) is 21.7 Å². The summed E-state index contributed by atoms with van der Waals surface area (Å²) >= 11 is 0. The quantitative estimate of drug-likeness (QED) is 0.166. The Morgan fingerprint density at radius 3 is 1.54 bits per heavy atom. The van der Waals surface area contributed by atoms with Crippen LogP contribution in [0.15, 0.2) is 212 Å². The molecule has 0 heterocycles. The van der Waals surface area contributed by atoms with Crippen LogP contribution in [0.5, 0.6) is 0 Å². The van der Waals surface area contributed by atoms with Crippen LogP contribution < -0.4 is 4.90 Å². The Kier molecular flexibility index (Phi) is 9.38. The molecule has 1 spiro atoms. The molecule has 10 aromatic rings. The standard InChI is InChI=1S/C70H59N/c1-67(2,3)48-35-39-52-53-40-36-49(68(4,5)6)43-62(53)70(61(52)42-48)59-27-15-11-21-51(59)56-25-18-30-64(66(56)70)71(50-37-33-45(34-38-50)47-32-31-44-19-9-10-20-46(44)41-47)63-29-16-13-22-54(63)55-24-17-28-60-65(55)57-23-12-14-26-58(57)69(60,7)8/h9-43H,1-8H3. The minimum Gasteiger partial charge on any atom is -0.310 e. The summed E-state index contributed by atoms with van der Waals surface area (Å²) in [7, 11) is 0. The van der Waals surface area contributed by atoms with Gasteiger partial charge in [0.2, 0.25) is 0 Å². The van der Waals surface area contributed by atoms with E-state index in [2.05, 4.69) is 273 Å². The topological polar surface area (TPSA) is 3.24 Å². The highest BCUT2D eigenvalue weighted by Gasteiger charge is 2.54. The highest BCUT2D eigenvalue weighted by Crippen LogP contribution is 2.66. The zero-order valence-corrected chi connectivity index (χ0v) is 42.2. The summed E-state index contributed by atoms with van der Waals surface area (Å²) in [5.41, 5.74) is 26.2. The predicted molar refractivity (Wildman–Crippen MR) is 301 cm³/mol. The molecule has 0 atom stereocenters. The average molecular weight is 914 g/mol. The van der Waals surface area contributed by atoms with E-state index in [1.165, 1.54) is 117 Å². The maximum atomic E-state index is 2.61. The Balaban J connectivity index is 1.12. The van der Waals surface area contributed by atoms with Gasteiger partial charge in [-0.15, -0.1) is 0 Å². The van der Waals surface area contributed by atoms with Crippen molar-refractivity contribution in [2.45, 2.75) is 77.0 Å². The molecule has 10 aromatic carbocycles. The summed E-state index contributed by atoms with van der Waals surface area (Å²) in [4.78, 5) is 2.61. The fraction of sp³-hybridized carbons (Fsp3) is 0.171. The van der Waals surface area contributed by atoms with Gasteiger partial charge in [0.15, 0.2) is 0 Å². The van der Waals surface area contributed by atoms with Gasteiger partial charge < -0.3 is 4.90 Å². The number of hydrogen-bond donors (Lipinski definition) is 0. The minimum atomic E-state index is -0.606. The van der Waals surface area contributed by atoms with E-state index < -0.39 is 5.41 Å². The zero-order chi connectivity index (χ0) is 48.6. The van der Waals surface area contributed by atoms with Crippen molar-refractivity contribution in [2.75, 3.05) is 4.90 Å². The molecular weight excluding hydrogens is 855 g/mol. The van der Waals surface area contributed by atoms with Crippen LogP contribution >= 0.6 is 0 Å². The molecule has 0 radical (unpaired) electrons. The fourth-order valence-corrected chi connectivity index (χ4v) is 12.8. The van der Waals surface area contributed by atoms with E-state index in [0.717, 1.165) is 11.4 Å². The Morgan fingerprint density at radius 2 is 0.845 bits per heavy atom. The third-order valence-electron chi connectivity index (χ3n) is 16.4. The molecule has 3 aliphatic rings. The van der Waals surface area contributed by atoms with E-state index in [1.54, 1.807) is 0 Å². The number of para-hydroxylation sites is 1. The lowest BCUT2D eigenvalue weighted by Crippen LogP contribution is -2.29. The van der Waals surface area contributed by atoms with Gasteiger partial charge >= 0.3 is 0 Å². The molecular formula is C70H59N. The summed E-state index contributed by atoms with van der Waals surface area (Å²) in [6, 6.07) is 81.2. The van der Waals surface area contributed by atoms with E-state index in [-0.39, 0.29) is 16.2 Å². The van der Waals surface area contributed by atoms with Gasteiger partial charge in [-0.2, -0.15) is 0 Å². The minimum absolute atomic E-state index is 0.0527. The third-order valence-corrected chi connectivity index (χ3v) is 16.4. The molecule has 71 heavy (non-hydrogen) atoms. The molecule has 1 nitrogen and oxygen atoms in total. The molecule has 3 aliphatic carbocycles. The second-order valence-electron chi connectivity index (χ2n) is 22.9. The number of anilines is 3. The van der Waals surface area contributed by atoms with Gasteiger partial charge in [-0.25, -0.2) is 0 Å². The third kappa shape index (κ3) is 6.31. The smallest absolute Gasteiger partial charge is 0.0746 e. The van der Waals surface area contributed by atoms with E-state index >= 15 is 0 Å². The highest BCUT2D eigenvalue weighted by molar-refractivity contribution is 6.03. The summed E-state index contributed by atoms with van der Waals surface area (Å²) in [5.74, 6) is 0. The second-order valence-corrected chi connectivity index (χ2v) is 22.9. The van der Waals surface area contributed by atoms with Crippen LogP contribution in [0.2, 0.25) is 0 Å². The Bertz CT molecular complexity index is 3750. The highest BCUT2D eigenvalue weighted by atomic mass is 15.1. The zero-order valence-electron chi connectivity index (χ0n) is 42.2. The van der Waals surface area contributed by atoms with Crippen LogP contribution in [0.4, 0.5) is 17.1 Å². The number of nitrogens with zero attached hydrogens (tertiary/aromatic N) is 1. The molecule has 0 N–H and O–H groups in total. The van der Waals surface area contributed by atoms with Gasteiger partial charge in [-0.05, 0) is 141 Å². The van der Waals surface area contributed by atoms with Gasteiger partial charge in [-0.3, -0.25) is 0 Å². The lowest BCUT2D eigenvalue weighted by Gasteiger charge is -2.37. The summed E-state index contributed by atoms with van der Waals surface area (Å²) in [5, 5.41) is 2.50. The number of hydrogen-bond acceptors (Lipinski definition) is 1. The average Bonchev–Trinajstić information content (AvgIpc) is 3.94. The van der Waals surface area contributed by atoms with Gasteiger partial charge in [0.1, 0.15) is 0 Å². The van der Waals surface area contributed by atoms with Crippen molar-refractivity contribution < 1.29 is 0 Å². The summed E-state index contributed by atoms with van der Waals surface area (Å²) in [6.07, 6.45) is 0. The second kappa shape index (κ2) is 15.4. The molecule has 0 aromatic heterocycles. The van der Waals surface area contributed by atoms with Crippen LogP contribution in [0.25, 0.3) is 66.4 Å². The first kappa shape index (κ1) is 43.3. The van der Waals surface area contributed by atoms with E-state index in [9.17, 15) is 0 Å². The van der Waals surface area contributed by atoms with Crippen molar-refractivity contribution >= 4 is 27.8 Å². The van der Waals surface area contributed by atoms with Crippen LogP contribution in [0.1, 0.15) is 99.9 Å². The fourth-order valence-electron chi connectivity index (χ4n) is 12.8. The first-order chi connectivity index (χ1) is 34.2. The Labute approximate surface area is 420 Å². The largest absolute Gasteiger partial charge is 0.310 e. The molecule has 0 amide bonds. The SMILES string of the molecule is CC(C)(C)c1ccc2c(c1)C1(c3cc(C(C)(C)C)ccc3-2)c2ccccc2-c2cccc(N(c3ccc(-c4ccc5ccccc5c4)cc3)c3ccccc3-c3cccc4c3-c3ccccc3C4(C)C)c21. The summed E-state index contributed by atoms with van der Waals surface area (Å²) < 4.78 is 0. The molecule has 0 aliphatic heterocycles. The maximum Gasteiger partial charge on any atom is 0.0746 e.